The van der Waals surface area contributed by atoms with Crippen LogP contribution in [0.1, 0.15) is 28.2 Å². The summed E-state index contributed by atoms with van der Waals surface area (Å²) in [7, 11) is 0. The van der Waals surface area contributed by atoms with Gasteiger partial charge < -0.3 is 10.6 Å². The quantitative estimate of drug-likeness (QED) is 0.881. The molecule has 1 amide bonds. The Morgan fingerprint density at radius 2 is 2.29 bits per heavy atom. The number of nitrogens with zero attached hydrogens (tertiary/aromatic N) is 3. The van der Waals surface area contributed by atoms with Crippen LogP contribution in [0.25, 0.3) is 5.82 Å². The molecule has 6 heteroatoms. The molecule has 3 rings (SSSR count). The van der Waals surface area contributed by atoms with Gasteiger partial charge >= 0.3 is 0 Å². The Labute approximate surface area is 123 Å². The smallest absolute Gasteiger partial charge is 0.253 e. The van der Waals surface area contributed by atoms with E-state index in [0.29, 0.717) is 5.56 Å². The van der Waals surface area contributed by atoms with Crippen LogP contribution in [0.2, 0.25) is 0 Å². The average molecular weight is 285 g/mol. The summed E-state index contributed by atoms with van der Waals surface area (Å²) >= 11 is 0. The van der Waals surface area contributed by atoms with E-state index >= 15 is 0 Å². The first-order chi connectivity index (χ1) is 10.1. The van der Waals surface area contributed by atoms with Crippen LogP contribution < -0.4 is 10.6 Å². The van der Waals surface area contributed by atoms with Crippen molar-refractivity contribution >= 4 is 5.91 Å². The van der Waals surface area contributed by atoms with Crippen LogP contribution >= 0.6 is 0 Å². The van der Waals surface area contributed by atoms with Gasteiger partial charge in [-0.3, -0.25) is 4.79 Å². The Kier molecular flexibility index (Phi) is 3.70. The van der Waals surface area contributed by atoms with Gasteiger partial charge in [0.25, 0.3) is 5.91 Å². The van der Waals surface area contributed by atoms with Crippen LogP contribution in [0, 0.1) is 13.8 Å². The summed E-state index contributed by atoms with van der Waals surface area (Å²) in [6.45, 7) is 5.72. The van der Waals surface area contributed by atoms with E-state index in [-0.39, 0.29) is 11.9 Å². The fraction of sp³-hybridized carbons (Fsp3) is 0.400. The third-order valence-electron chi connectivity index (χ3n) is 3.63. The minimum absolute atomic E-state index is 0.0730. The third kappa shape index (κ3) is 2.95. The minimum Gasteiger partial charge on any atom is -0.348 e. The number of carbonyl (C=O) groups is 1. The van der Waals surface area contributed by atoms with E-state index in [9.17, 15) is 4.79 Å². The molecular weight excluding hydrogens is 266 g/mol. The number of hydrogen-bond acceptors (Lipinski definition) is 4. The van der Waals surface area contributed by atoms with Crippen LogP contribution in [0.4, 0.5) is 0 Å². The molecule has 0 spiro atoms. The number of pyridine rings is 1. The topological polar surface area (TPSA) is 71.8 Å². The van der Waals surface area contributed by atoms with Gasteiger partial charge in [0, 0.05) is 24.5 Å². The predicted molar refractivity (Wildman–Crippen MR) is 79.6 cm³/mol. The van der Waals surface area contributed by atoms with Gasteiger partial charge in [0.05, 0.1) is 11.3 Å². The fourth-order valence-corrected chi connectivity index (χ4v) is 2.55. The predicted octanol–water partition coefficient (Wildman–Crippen LogP) is 0.976. The van der Waals surface area contributed by atoms with E-state index in [1.165, 1.54) is 0 Å². The molecule has 2 aromatic heterocycles. The lowest BCUT2D eigenvalue weighted by molar-refractivity contribution is 0.0939. The lowest BCUT2D eigenvalue weighted by Gasteiger charge is -2.11. The van der Waals surface area contributed by atoms with Crippen LogP contribution in [0.3, 0.4) is 0 Å². The maximum absolute atomic E-state index is 12.1. The molecule has 0 saturated carbocycles. The van der Waals surface area contributed by atoms with Gasteiger partial charge in [-0.1, -0.05) is 0 Å². The number of hydrogen-bond donors (Lipinski definition) is 2. The van der Waals surface area contributed by atoms with Crippen molar-refractivity contribution in [3.05, 3.63) is 41.3 Å². The second-order valence-electron chi connectivity index (χ2n) is 5.41. The molecule has 0 radical (unpaired) electrons. The molecule has 1 aliphatic rings. The highest BCUT2D eigenvalue weighted by Gasteiger charge is 2.17. The number of nitrogens with one attached hydrogen (secondary N) is 2. The zero-order valence-electron chi connectivity index (χ0n) is 12.3. The Morgan fingerprint density at radius 1 is 1.43 bits per heavy atom. The van der Waals surface area contributed by atoms with Gasteiger partial charge in [-0.05, 0) is 45.0 Å². The lowest BCUT2D eigenvalue weighted by Crippen LogP contribution is -2.36. The normalized spacial score (nSPS) is 17.9. The maximum Gasteiger partial charge on any atom is 0.253 e. The Morgan fingerprint density at radius 3 is 2.86 bits per heavy atom. The second kappa shape index (κ2) is 5.65. The first kappa shape index (κ1) is 13.8. The summed E-state index contributed by atoms with van der Waals surface area (Å²) in [4.78, 5) is 16.5. The van der Waals surface area contributed by atoms with E-state index in [1.54, 1.807) is 16.9 Å². The summed E-state index contributed by atoms with van der Waals surface area (Å²) in [5, 5.41) is 10.6. The zero-order chi connectivity index (χ0) is 14.8. The molecule has 3 heterocycles. The van der Waals surface area contributed by atoms with Crippen molar-refractivity contribution in [1.29, 1.82) is 0 Å². The molecule has 21 heavy (non-hydrogen) atoms. The first-order valence-corrected chi connectivity index (χ1v) is 7.15. The number of carbonyl (C=O) groups excluding carboxylic acids is 1. The number of amides is 1. The summed E-state index contributed by atoms with van der Waals surface area (Å²) in [5.41, 5.74) is 2.55. The van der Waals surface area contributed by atoms with Crippen LogP contribution in [-0.2, 0) is 0 Å². The highest BCUT2D eigenvalue weighted by molar-refractivity contribution is 5.94. The molecular formula is C15H19N5O. The molecule has 2 N–H and O–H groups in total. The average Bonchev–Trinajstić information content (AvgIpc) is 3.08. The van der Waals surface area contributed by atoms with Crippen LogP contribution in [0.15, 0.2) is 24.4 Å². The van der Waals surface area contributed by atoms with Gasteiger partial charge in [0.1, 0.15) is 0 Å². The van der Waals surface area contributed by atoms with Gasteiger partial charge in [0.15, 0.2) is 5.82 Å². The van der Waals surface area contributed by atoms with E-state index < -0.39 is 0 Å². The summed E-state index contributed by atoms with van der Waals surface area (Å²) < 4.78 is 1.78. The lowest BCUT2D eigenvalue weighted by atomic mass is 10.2. The number of rotatable bonds is 3. The molecule has 6 nitrogen and oxygen atoms in total. The minimum atomic E-state index is -0.0730. The summed E-state index contributed by atoms with van der Waals surface area (Å²) in [6, 6.07) is 5.82. The Hall–Kier alpha value is -2.21. The van der Waals surface area contributed by atoms with Crippen LogP contribution in [-0.4, -0.2) is 39.8 Å². The monoisotopic (exact) mass is 285 g/mol. The Bertz CT molecular complexity index is 641. The van der Waals surface area contributed by atoms with Crippen molar-refractivity contribution in [3.8, 4) is 5.82 Å². The maximum atomic E-state index is 12.1. The van der Waals surface area contributed by atoms with Crippen molar-refractivity contribution in [2.24, 2.45) is 0 Å². The van der Waals surface area contributed by atoms with Crippen molar-refractivity contribution in [3.63, 3.8) is 0 Å². The van der Waals surface area contributed by atoms with Crippen molar-refractivity contribution < 1.29 is 4.79 Å². The molecule has 0 aliphatic carbocycles. The molecule has 110 valence electrons. The fourth-order valence-electron chi connectivity index (χ4n) is 2.55. The van der Waals surface area contributed by atoms with Gasteiger partial charge in [0.2, 0.25) is 0 Å². The van der Waals surface area contributed by atoms with Gasteiger partial charge in [-0.25, -0.2) is 9.67 Å². The molecule has 0 bridgehead atoms. The molecule has 1 saturated heterocycles. The van der Waals surface area contributed by atoms with Gasteiger partial charge in [-0.15, -0.1) is 0 Å². The van der Waals surface area contributed by atoms with Crippen molar-refractivity contribution in [1.82, 2.24) is 25.4 Å². The molecule has 0 aromatic carbocycles. The largest absolute Gasteiger partial charge is 0.348 e. The number of aryl methyl sites for hydroxylation is 2. The summed E-state index contributed by atoms with van der Waals surface area (Å²) in [6.07, 6.45) is 2.58. The third-order valence-corrected chi connectivity index (χ3v) is 3.63. The van der Waals surface area contributed by atoms with E-state index in [4.69, 9.17) is 0 Å². The van der Waals surface area contributed by atoms with Gasteiger partial charge in [-0.2, -0.15) is 5.10 Å². The second-order valence-corrected chi connectivity index (χ2v) is 5.41. The molecule has 1 fully saturated rings. The zero-order valence-corrected chi connectivity index (χ0v) is 12.3. The van der Waals surface area contributed by atoms with Crippen molar-refractivity contribution in [2.45, 2.75) is 26.3 Å². The molecule has 1 aliphatic heterocycles. The van der Waals surface area contributed by atoms with Crippen LogP contribution in [0.5, 0.6) is 0 Å². The van der Waals surface area contributed by atoms with E-state index in [0.717, 1.165) is 36.7 Å². The molecule has 1 unspecified atom stereocenters. The highest BCUT2D eigenvalue weighted by atomic mass is 16.1. The first-order valence-electron chi connectivity index (χ1n) is 7.15. The standard InChI is InChI=1S/C15H19N5O/c1-10-7-11(2)20(19-10)14-4-3-12(8-17-14)15(21)18-13-5-6-16-9-13/h3-4,7-8,13,16H,5-6,9H2,1-2H3,(H,18,21). The number of aromatic nitrogens is 3. The van der Waals surface area contributed by atoms with Crippen molar-refractivity contribution in [2.75, 3.05) is 13.1 Å². The van der Waals surface area contributed by atoms with E-state index in [1.807, 2.05) is 26.0 Å². The SMILES string of the molecule is Cc1cc(C)n(-c2ccc(C(=O)NC3CCNC3)cn2)n1. The molecule has 2 aromatic rings. The molecule has 1 atom stereocenters. The van der Waals surface area contributed by atoms with E-state index in [2.05, 4.69) is 20.7 Å². The Balaban J connectivity index is 1.74. The summed E-state index contributed by atoms with van der Waals surface area (Å²) in [5.74, 6) is 0.649. The highest BCUT2D eigenvalue weighted by Crippen LogP contribution is 2.10.